The van der Waals surface area contributed by atoms with E-state index in [9.17, 15) is 9.90 Å². The lowest BCUT2D eigenvalue weighted by atomic mass is 10.0. The molecule has 5 rings (SSSR count). The SMILES string of the molecule is COC(=O)c1cc(C2CC2)ccc1Nc1ccc2c(ccn2-c2ccc(O)cc2)c1. The largest absolute Gasteiger partial charge is 0.508 e. The summed E-state index contributed by atoms with van der Waals surface area (Å²) in [5, 5.41) is 14.0. The molecule has 30 heavy (non-hydrogen) atoms. The molecular formula is C25H22N2O3. The zero-order valence-electron chi connectivity index (χ0n) is 16.6. The molecule has 0 atom stereocenters. The Morgan fingerprint density at radius 3 is 2.57 bits per heavy atom. The molecule has 1 aliphatic rings. The summed E-state index contributed by atoms with van der Waals surface area (Å²) in [6, 6.07) is 21.3. The molecule has 0 unspecified atom stereocenters. The maximum absolute atomic E-state index is 12.3. The van der Waals surface area contributed by atoms with E-state index in [1.54, 1.807) is 12.1 Å². The number of carbonyl (C=O) groups is 1. The van der Waals surface area contributed by atoms with Gasteiger partial charge in [-0.15, -0.1) is 0 Å². The van der Waals surface area contributed by atoms with Crippen LogP contribution >= 0.6 is 0 Å². The molecule has 2 N–H and O–H groups in total. The number of methoxy groups -OCH3 is 1. The van der Waals surface area contributed by atoms with Gasteiger partial charge in [0.1, 0.15) is 5.75 Å². The van der Waals surface area contributed by atoms with Gasteiger partial charge in [0.05, 0.1) is 23.9 Å². The van der Waals surface area contributed by atoms with Gasteiger partial charge in [-0.05, 0) is 85.0 Å². The molecule has 3 aromatic carbocycles. The minimum absolute atomic E-state index is 0.246. The number of anilines is 2. The van der Waals surface area contributed by atoms with Gasteiger partial charge in [0, 0.05) is 23.0 Å². The third kappa shape index (κ3) is 3.39. The van der Waals surface area contributed by atoms with Crippen LogP contribution in [0.3, 0.4) is 0 Å². The normalized spacial score (nSPS) is 13.4. The number of fused-ring (bicyclic) bond motifs is 1. The van der Waals surface area contributed by atoms with E-state index < -0.39 is 0 Å². The van der Waals surface area contributed by atoms with E-state index in [1.807, 2.05) is 48.7 Å². The number of ether oxygens (including phenoxy) is 1. The molecule has 0 aliphatic heterocycles. The molecule has 0 saturated heterocycles. The summed E-state index contributed by atoms with van der Waals surface area (Å²) in [6.07, 6.45) is 4.37. The summed E-state index contributed by atoms with van der Waals surface area (Å²) in [4.78, 5) is 12.3. The molecule has 1 saturated carbocycles. The fourth-order valence-corrected chi connectivity index (χ4v) is 3.83. The quantitative estimate of drug-likeness (QED) is 0.421. The molecule has 5 heteroatoms. The van der Waals surface area contributed by atoms with Gasteiger partial charge in [0.15, 0.2) is 0 Å². The van der Waals surface area contributed by atoms with Gasteiger partial charge in [0.25, 0.3) is 0 Å². The number of hydrogen-bond acceptors (Lipinski definition) is 4. The molecular weight excluding hydrogens is 376 g/mol. The van der Waals surface area contributed by atoms with Crippen molar-refractivity contribution in [1.82, 2.24) is 4.57 Å². The number of aromatic nitrogens is 1. The number of phenolic OH excluding ortho intramolecular Hbond substituents is 1. The number of carbonyl (C=O) groups excluding carboxylic acids is 1. The number of hydrogen-bond donors (Lipinski definition) is 2. The van der Waals surface area contributed by atoms with Crippen molar-refractivity contribution in [2.45, 2.75) is 18.8 Å². The van der Waals surface area contributed by atoms with Crippen LogP contribution in [-0.2, 0) is 4.74 Å². The molecule has 0 spiro atoms. The van der Waals surface area contributed by atoms with Crippen molar-refractivity contribution in [3.63, 3.8) is 0 Å². The summed E-state index contributed by atoms with van der Waals surface area (Å²) in [5.41, 5.74) is 5.43. The summed E-state index contributed by atoms with van der Waals surface area (Å²) in [7, 11) is 1.41. The second-order valence-corrected chi connectivity index (χ2v) is 7.67. The van der Waals surface area contributed by atoms with Crippen LogP contribution in [0.2, 0.25) is 0 Å². The van der Waals surface area contributed by atoms with E-state index in [4.69, 9.17) is 4.74 Å². The molecule has 0 radical (unpaired) electrons. The Balaban J connectivity index is 1.47. The Bertz CT molecular complexity index is 1240. The lowest BCUT2D eigenvalue weighted by molar-refractivity contribution is 0.0602. The first kappa shape index (κ1) is 18.3. The van der Waals surface area contributed by atoms with Gasteiger partial charge in [-0.25, -0.2) is 4.79 Å². The van der Waals surface area contributed by atoms with Crippen LogP contribution in [0.25, 0.3) is 16.6 Å². The van der Waals surface area contributed by atoms with Crippen LogP contribution in [-0.4, -0.2) is 22.8 Å². The maximum atomic E-state index is 12.3. The van der Waals surface area contributed by atoms with Crippen molar-refractivity contribution in [2.24, 2.45) is 0 Å². The molecule has 1 fully saturated rings. The highest BCUT2D eigenvalue weighted by molar-refractivity contribution is 5.97. The summed E-state index contributed by atoms with van der Waals surface area (Å²) in [6.45, 7) is 0. The van der Waals surface area contributed by atoms with E-state index in [0.29, 0.717) is 11.5 Å². The Labute approximate surface area is 174 Å². The van der Waals surface area contributed by atoms with Gasteiger partial charge in [0.2, 0.25) is 0 Å². The first-order chi connectivity index (χ1) is 14.6. The zero-order chi connectivity index (χ0) is 20.7. The van der Waals surface area contributed by atoms with Crippen LogP contribution in [0.5, 0.6) is 5.75 Å². The minimum atomic E-state index is -0.334. The van der Waals surface area contributed by atoms with Crippen molar-refractivity contribution < 1.29 is 14.6 Å². The second-order valence-electron chi connectivity index (χ2n) is 7.67. The van der Waals surface area contributed by atoms with Crippen LogP contribution in [0.1, 0.15) is 34.7 Å². The molecule has 0 bridgehead atoms. The molecule has 5 nitrogen and oxygen atoms in total. The number of esters is 1. The summed E-state index contributed by atoms with van der Waals surface area (Å²) < 4.78 is 7.07. The van der Waals surface area contributed by atoms with Gasteiger partial charge in [-0.2, -0.15) is 0 Å². The second kappa shape index (κ2) is 7.26. The minimum Gasteiger partial charge on any atom is -0.508 e. The fraction of sp³-hybridized carbons (Fsp3) is 0.160. The number of benzene rings is 3. The van der Waals surface area contributed by atoms with Gasteiger partial charge < -0.3 is 19.7 Å². The monoisotopic (exact) mass is 398 g/mol. The van der Waals surface area contributed by atoms with Crippen molar-refractivity contribution in [3.8, 4) is 11.4 Å². The fourth-order valence-electron chi connectivity index (χ4n) is 3.83. The average molecular weight is 398 g/mol. The van der Waals surface area contributed by atoms with Crippen LogP contribution in [0, 0.1) is 0 Å². The standard InChI is InChI=1S/C25H22N2O3/c1-30-25(29)22-15-17(16-2-3-16)4-10-23(22)26-19-5-11-24-18(14-19)12-13-27(24)20-6-8-21(28)9-7-20/h4-16,26,28H,2-3H2,1H3. The predicted molar refractivity (Wildman–Crippen MR) is 118 cm³/mol. The molecule has 4 aromatic rings. The average Bonchev–Trinajstić information content (AvgIpc) is 3.54. The number of rotatable bonds is 5. The van der Waals surface area contributed by atoms with Crippen molar-refractivity contribution in [3.05, 3.63) is 84.1 Å². The van der Waals surface area contributed by atoms with Crippen LogP contribution < -0.4 is 5.32 Å². The smallest absolute Gasteiger partial charge is 0.339 e. The Morgan fingerprint density at radius 2 is 1.83 bits per heavy atom. The lowest BCUT2D eigenvalue weighted by Crippen LogP contribution is -2.06. The number of aromatic hydroxyl groups is 1. The zero-order valence-corrected chi connectivity index (χ0v) is 16.6. The van der Waals surface area contributed by atoms with E-state index in [1.165, 1.54) is 25.5 Å². The van der Waals surface area contributed by atoms with E-state index >= 15 is 0 Å². The van der Waals surface area contributed by atoms with Gasteiger partial charge >= 0.3 is 5.97 Å². The Hall–Kier alpha value is -3.73. The van der Waals surface area contributed by atoms with Crippen molar-refractivity contribution >= 4 is 28.2 Å². The molecule has 1 heterocycles. The maximum Gasteiger partial charge on any atom is 0.339 e. The van der Waals surface area contributed by atoms with E-state index in [0.717, 1.165) is 28.0 Å². The predicted octanol–water partition coefficient (Wildman–Crippen LogP) is 5.74. The summed E-state index contributed by atoms with van der Waals surface area (Å²) >= 11 is 0. The molecule has 1 aliphatic carbocycles. The Morgan fingerprint density at radius 1 is 1.03 bits per heavy atom. The lowest BCUT2D eigenvalue weighted by Gasteiger charge is -2.13. The third-order valence-corrected chi connectivity index (χ3v) is 5.59. The molecule has 0 amide bonds. The van der Waals surface area contributed by atoms with Crippen LogP contribution in [0.4, 0.5) is 11.4 Å². The highest BCUT2D eigenvalue weighted by Gasteiger charge is 2.25. The topological polar surface area (TPSA) is 63.5 Å². The third-order valence-electron chi connectivity index (χ3n) is 5.59. The Kier molecular flexibility index (Phi) is 4.43. The molecule has 1 aromatic heterocycles. The van der Waals surface area contributed by atoms with Gasteiger partial charge in [-0.3, -0.25) is 0 Å². The first-order valence-electron chi connectivity index (χ1n) is 10.0. The van der Waals surface area contributed by atoms with Crippen molar-refractivity contribution in [2.75, 3.05) is 12.4 Å². The number of phenols is 1. The van der Waals surface area contributed by atoms with E-state index in [-0.39, 0.29) is 11.7 Å². The molecule has 150 valence electrons. The van der Waals surface area contributed by atoms with Crippen LogP contribution in [0.15, 0.2) is 72.9 Å². The number of nitrogens with one attached hydrogen (secondary N) is 1. The highest BCUT2D eigenvalue weighted by Crippen LogP contribution is 2.41. The number of nitrogens with zero attached hydrogens (tertiary/aromatic N) is 1. The van der Waals surface area contributed by atoms with E-state index in [2.05, 4.69) is 22.0 Å². The van der Waals surface area contributed by atoms with Gasteiger partial charge in [-0.1, -0.05) is 6.07 Å². The van der Waals surface area contributed by atoms with Crippen molar-refractivity contribution in [1.29, 1.82) is 0 Å². The first-order valence-corrected chi connectivity index (χ1v) is 10.0. The summed E-state index contributed by atoms with van der Waals surface area (Å²) in [5.74, 6) is 0.480. The highest BCUT2D eigenvalue weighted by atomic mass is 16.5.